The van der Waals surface area contributed by atoms with E-state index in [-0.39, 0.29) is 12.3 Å². The van der Waals surface area contributed by atoms with Crippen molar-refractivity contribution in [1.29, 1.82) is 0 Å². The molecule has 0 saturated carbocycles. The molecule has 42 heavy (non-hydrogen) atoms. The molecule has 0 aliphatic rings. The summed E-state index contributed by atoms with van der Waals surface area (Å²) in [5.41, 5.74) is 0. The molecular formula is H30N2O32P8. The minimum absolute atomic E-state index is 0. The molecule has 0 aliphatic carbocycles. The van der Waals surface area contributed by atoms with Crippen molar-refractivity contribution in [1.82, 2.24) is 12.3 Å². The molecule has 0 aromatic rings. The Kier molecular flexibility index (Phi) is 48.4. The van der Waals surface area contributed by atoms with Crippen LogP contribution >= 0.6 is 62.6 Å². The van der Waals surface area contributed by atoms with E-state index in [1.54, 1.807) is 0 Å². The fourth-order valence-corrected chi connectivity index (χ4v) is 0. The van der Waals surface area contributed by atoms with Gasteiger partial charge in [0.25, 0.3) is 0 Å². The first-order valence-corrected chi connectivity index (χ1v) is 18.8. The molecule has 0 spiro atoms. The summed E-state index contributed by atoms with van der Waals surface area (Å²) in [6, 6.07) is 0. The summed E-state index contributed by atoms with van der Waals surface area (Å²) in [4.78, 5) is 172. The van der Waals surface area contributed by atoms with Crippen molar-refractivity contribution in [2.24, 2.45) is 0 Å². The van der Waals surface area contributed by atoms with Gasteiger partial charge in [0.1, 0.15) is 0 Å². The molecule has 42 heteroatoms. The van der Waals surface area contributed by atoms with E-state index in [4.69, 9.17) is 154 Å². The van der Waals surface area contributed by atoms with Crippen LogP contribution in [0.2, 0.25) is 0 Å². The van der Waals surface area contributed by atoms with Crippen molar-refractivity contribution < 1.29 is 154 Å². The lowest BCUT2D eigenvalue weighted by Crippen LogP contribution is -1.66. The molecule has 0 aliphatic heterocycles. The third-order valence-electron chi connectivity index (χ3n) is 0. The summed E-state index contributed by atoms with van der Waals surface area (Å²) < 4.78 is 71.1. The van der Waals surface area contributed by atoms with E-state index in [9.17, 15) is 0 Å². The van der Waals surface area contributed by atoms with Crippen LogP contribution in [0.4, 0.5) is 0 Å². The van der Waals surface area contributed by atoms with Crippen molar-refractivity contribution >= 4 is 62.6 Å². The Morgan fingerprint density at radius 2 is 0.167 bits per heavy atom. The average molecular weight is 818 g/mol. The zero-order valence-electron chi connectivity index (χ0n) is 19.0. The van der Waals surface area contributed by atoms with E-state index in [1.807, 2.05) is 0 Å². The second-order valence-corrected chi connectivity index (χ2v) is 12.3. The molecule has 0 rings (SSSR count). The highest BCUT2D eigenvalue weighted by atomic mass is 31.2. The Morgan fingerprint density at radius 3 is 0.167 bits per heavy atom. The molecule has 34 nitrogen and oxygen atoms in total. The van der Waals surface area contributed by atoms with Crippen molar-refractivity contribution in [2.45, 2.75) is 0 Å². The predicted octanol–water partition coefficient (Wildman–Crippen LogP) is -7.10. The third-order valence-corrected chi connectivity index (χ3v) is 0. The fourth-order valence-electron chi connectivity index (χ4n) is 0. The monoisotopic (exact) mass is 818 g/mol. The van der Waals surface area contributed by atoms with Gasteiger partial charge >= 0.3 is 62.6 Å². The smallest absolute Gasteiger partial charge is 0.344 e. The summed E-state index contributed by atoms with van der Waals surface area (Å²) in [7, 11) is -37.1. The van der Waals surface area contributed by atoms with Gasteiger partial charge in [0.15, 0.2) is 0 Å². The largest absolute Gasteiger partial charge is 0.466 e. The Bertz CT molecular complexity index is 650. The van der Waals surface area contributed by atoms with Crippen LogP contribution in [0.1, 0.15) is 0 Å². The van der Waals surface area contributed by atoms with Gasteiger partial charge in [-0.1, -0.05) is 0 Å². The molecule has 30 N–H and O–H groups in total. The molecule has 0 heterocycles. The van der Waals surface area contributed by atoms with E-state index < -0.39 is 62.6 Å². The van der Waals surface area contributed by atoms with Crippen LogP contribution < -0.4 is 12.3 Å². The van der Waals surface area contributed by atoms with Crippen LogP contribution in [0.3, 0.4) is 0 Å². The first kappa shape index (κ1) is 69.5. The first-order valence-electron chi connectivity index (χ1n) is 6.26. The SMILES string of the molecule is N.N.O=P(O)(O)O.O=P(O)(O)O.O=P(O)(O)O.O=P(O)(O)O.O=P(O)(O)O.O=P(O)(O)O.O=P(O)(O)O.O=P(O)(O)O. The zero-order chi connectivity index (χ0) is 36.0. The van der Waals surface area contributed by atoms with E-state index in [1.165, 1.54) is 0 Å². The van der Waals surface area contributed by atoms with Gasteiger partial charge < -0.3 is 130 Å². The zero-order valence-corrected chi connectivity index (χ0v) is 26.1. The van der Waals surface area contributed by atoms with Crippen LogP contribution in [-0.2, 0) is 36.5 Å². The van der Waals surface area contributed by atoms with Gasteiger partial charge in [-0.3, -0.25) is 0 Å². The predicted molar refractivity (Wildman–Crippen MR) is 124 cm³/mol. The maximum Gasteiger partial charge on any atom is 0.466 e. The molecule has 272 valence electrons. The van der Waals surface area contributed by atoms with Gasteiger partial charge in [0.2, 0.25) is 0 Å². The van der Waals surface area contributed by atoms with E-state index in [0.717, 1.165) is 0 Å². The maximum atomic E-state index is 8.88. The Labute approximate surface area is 229 Å². The lowest BCUT2D eigenvalue weighted by atomic mass is 14.0. The molecule has 0 unspecified atom stereocenters. The molecule has 0 atom stereocenters. The minimum atomic E-state index is -4.64. The fraction of sp³-hybridized carbons (Fsp3) is 0. The van der Waals surface area contributed by atoms with Gasteiger partial charge in [-0.15, -0.1) is 0 Å². The van der Waals surface area contributed by atoms with Gasteiger partial charge in [0, 0.05) is 0 Å². The molecule has 0 aromatic carbocycles. The number of phosphoric acid groups is 8. The lowest BCUT2D eigenvalue weighted by molar-refractivity contribution is 0.272. The Hall–Kier alpha value is 0.800. The molecular weight excluding hydrogens is 788 g/mol. The number of rotatable bonds is 0. The van der Waals surface area contributed by atoms with Crippen LogP contribution in [0.5, 0.6) is 0 Å². The summed E-state index contributed by atoms with van der Waals surface area (Å²) >= 11 is 0. The van der Waals surface area contributed by atoms with Crippen molar-refractivity contribution in [3.05, 3.63) is 0 Å². The summed E-state index contributed by atoms with van der Waals surface area (Å²) in [6.07, 6.45) is 0. The number of hydrogen-bond donors (Lipinski definition) is 26. The maximum absolute atomic E-state index is 8.88. The Balaban J connectivity index is -0.0000000346. The molecule has 0 radical (unpaired) electrons. The van der Waals surface area contributed by atoms with Crippen LogP contribution in [0, 0.1) is 0 Å². The minimum Gasteiger partial charge on any atom is -0.344 e. The van der Waals surface area contributed by atoms with Crippen molar-refractivity contribution in [2.75, 3.05) is 0 Å². The molecule has 0 bridgehead atoms. The standard InChI is InChI=1S/2H3N.8H3O4P/c;;8*1-5(2,3)4/h2*1H3;8*(H3,1,2,3,4). The normalized spacial score (nSPS) is 11.2. The van der Waals surface area contributed by atoms with Gasteiger partial charge in [-0.25, -0.2) is 36.5 Å². The number of hydrogen-bond acceptors (Lipinski definition) is 10. The van der Waals surface area contributed by atoms with Crippen LogP contribution in [-0.4, -0.2) is 117 Å². The summed E-state index contributed by atoms with van der Waals surface area (Å²) in [6.45, 7) is 0. The van der Waals surface area contributed by atoms with Crippen LogP contribution in [0.15, 0.2) is 0 Å². The van der Waals surface area contributed by atoms with E-state index in [2.05, 4.69) is 0 Å². The van der Waals surface area contributed by atoms with Crippen molar-refractivity contribution in [3.63, 3.8) is 0 Å². The third kappa shape index (κ3) is 101000. The molecule has 0 saturated heterocycles. The van der Waals surface area contributed by atoms with Gasteiger partial charge in [-0.2, -0.15) is 0 Å². The van der Waals surface area contributed by atoms with E-state index in [0.29, 0.717) is 0 Å². The topological polar surface area (TPSA) is 692 Å². The highest BCUT2D eigenvalue weighted by Crippen LogP contribution is 2.28. The molecule has 0 fully saturated rings. The highest BCUT2D eigenvalue weighted by molar-refractivity contribution is 7.46. The first-order chi connectivity index (χ1) is 16.0. The highest BCUT2D eigenvalue weighted by Gasteiger charge is 2.03. The quantitative estimate of drug-likeness (QED) is 0.101. The second kappa shape index (κ2) is 29.2. The Morgan fingerprint density at radius 1 is 0.167 bits per heavy atom. The lowest BCUT2D eigenvalue weighted by Gasteiger charge is -1.82. The van der Waals surface area contributed by atoms with E-state index >= 15 is 0 Å². The van der Waals surface area contributed by atoms with Crippen molar-refractivity contribution in [3.8, 4) is 0 Å². The second-order valence-electron chi connectivity index (χ2n) is 4.11. The summed E-state index contributed by atoms with van der Waals surface area (Å²) in [5.74, 6) is 0. The average Bonchev–Trinajstić information content (AvgIpc) is 2.16. The molecule has 0 aromatic heterocycles. The molecule has 0 amide bonds. The van der Waals surface area contributed by atoms with Gasteiger partial charge in [-0.05, 0) is 0 Å². The van der Waals surface area contributed by atoms with Gasteiger partial charge in [0.05, 0.1) is 0 Å². The summed E-state index contributed by atoms with van der Waals surface area (Å²) in [5, 5.41) is 0. The van der Waals surface area contributed by atoms with Crippen LogP contribution in [0.25, 0.3) is 0 Å².